The molecule has 1 N–H and O–H groups in total. The second kappa shape index (κ2) is 5.42. The molecular weight excluding hydrogens is 214 g/mol. The van der Waals surface area contributed by atoms with E-state index in [0.717, 1.165) is 31.3 Å². The van der Waals surface area contributed by atoms with Gasteiger partial charge in [-0.2, -0.15) is 0 Å². The zero-order valence-corrected chi connectivity index (χ0v) is 10.8. The zero-order valence-electron chi connectivity index (χ0n) is 10.8. The molecule has 1 saturated heterocycles. The van der Waals surface area contributed by atoms with Crippen LogP contribution in [0.3, 0.4) is 0 Å². The molecule has 0 amide bonds. The standard InChI is InChI=1S/C12H21N5/c1-13-11-5-6-14-12(15-11)10-9-16(2)7-4-8-17(10)3/h5-6,10H,4,7-9H2,1-3H3,(H,13,14,15). The van der Waals surface area contributed by atoms with E-state index in [9.17, 15) is 0 Å². The van der Waals surface area contributed by atoms with Crippen LogP contribution >= 0.6 is 0 Å². The van der Waals surface area contributed by atoms with E-state index in [1.807, 2.05) is 19.3 Å². The number of likely N-dealkylation sites (N-methyl/N-ethyl adjacent to an activating group) is 2. The van der Waals surface area contributed by atoms with Crippen molar-refractivity contribution in [3.8, 4) is 0 Å². The quantitative estimate of drug-likeness (QED) is 0.822. The van der Waals surface area contributed by atoms with Crippen LogP contribution in [0.2, 0.25) is 0 Å². The summed E-state index contributed by atoms with van der Waals surface area (Å²) < 4.78 is 0. The molecule has 1 unspecified atom stereocenters. The second-order valence-electron chi connectivity index (χ2n) is 4.66. The van der Waals surface area contributed by atoms with Gasteiger partial charge in [-0.25, -0.2) is 9.97 Å². The molecule has 1 atom stereocenters. The lowest BCUT2D eigenvalue weighted by Gasteiger charge is -2.26. The Morgan fingerprint density at radius 1 is 1.35 bits per heavy atom. The van der Waals surface area contributed by atoms with Crippen molar-refractivity contribution in [2.45, 2.75) is 12.5 Å². The second-order valence-corrected chi connectivity index (χ2v) is 4.66. The molecule has 1 aromatic rings. The topological polar surface area (TPSA) is 44.3 Å². The van der Waals surface area contributed by atoms with Gasteiger partial charge in [-0.3, -0.25) is 4.90 Å². The number of rotatable bonds is 2. The van der Waals surface area contributed by atoms with Crippen LogP contribution < -0.4 is 5.32 Å². The Balaban J connectivity index is 2.22. The smallest absolute Gasteiger partial charge is 0.149 e. The molecule has 17 heavy (non-hydrogen) atoms. The number of anilines is 1. The molecule has 0 saturated carbocycles. The maximum absolute atomic E-state index is 4.55. The fourth-order valence-corrected chi connectivity index (χ4v) is 2.22. The summed E-state index contributed by atoms with van der Waals surface area (Å²) in [7, 11) is 6.20. The molecule has 5 nitrogen and oxygen atoms in total. The highest BCUT2D eigenvalue weighted by atomic mass is 15.2. The number of hydrogen-bond donors (Lipinski definition) is 1. The third-order valence-corrected chi connectivity index (χ3v) is 3.30. The van der Waals surface area contributed by atoms with Gasteiger partial charge in [0.25, 0.3) is 0 Å². The molecule has 5 heteroatoms. The van der Waals surface area contributed by atoms with Crippen molar-refractivity contribution in [1.29, 1.82) is 0 Å². The summed E-state index contributed by atoms with van der Waals surface area (Å²) in [5, 5.41) is 3.06. The van der Waals surface area contributed by atoms with Gasteiger partial charge in [0.05, 0.1) is 6.04 Å². The van der Waals surface area contributed by atoms with Crippen molar-refractivity contribution in [1.82, 2.24) is 19.8 Å². The molecule has 0 spiro atoms. The summed E-state index contributed by atoms with van der Waals surface area (Å²) in [4.78, 5) is 13.7. The van der Waals surface area contributed by atoms with E-state index in [0.29, 0.717) is 0 Å². The van der Waals surface area contributed by atoms with E-state index in [1.54, 1.807) is 0 Å². The Morgan fingerprint density at radius 2 is 2.18 bits per heavy atom. The average Bonchev–Trinajstić information content (AvgIpc) is 2.51. The van der Waals surface area contributed by atoms with Crippen LogP contribution in [0.5, 0.6) is 0 Å². The Kier molecular flexibility index (Phi) is 3.91. The van der Waals surface area contributed by atoms with Gasteiger partial charge in [-0.1, -0.05) is 0 Å². The van der Waals surface area contributed by atoms with Gasteiger partial charge < -0.3 is 10.2 Å². The van der Waals surface area contributed by atoms with E-state index in [-0.39, 0.29) is 6.04 Å². The maximum atomic E-state index is 4.55. The van der Waals surface area contributed by atoms with Gasteiger partial charge in [0.1, 0.15) is 11.6 Å². The van der Waals surface area contributed by atoms with Gasteiger partial charge in [0.2, 0.25) is 0 Å². The molecule has 1 fully saturated rings. The summed E-state index contributed by atoms with van der Waals surface area (Å²) in [5.41, 5.74) is 0. The van der Waals surface area contributed by atoms with Crippen molar-refractivity contribution in [3.05, 3.63) is 18.1 Å². The zero-order chi connectivity index (χ0) is 12.3. The van der Waals surface area contributed by atoms with Crippen LogP contribution in [0.15, 0.2) is 12.3 Å². The van der Waals surface area contributed by atoms with E-state index in [4.69, 9.17) is 0 Å². The summed E-state index contributed by atoms with van der Waals surface area (Å²) >= 11 is 0. The van der Waals surface area contributed by atoms with Crippen molar-refractivity contribution >= 4 is 5.82 Å². The molecule has 1 aliphatic rings. The molecule has 0 aromatic carbocycles. The molecule has 0 bridgehead atoms. The minimum atomic E-state index is 0.288. The van der Waals surface area contributed by atoms with E-state index < -0.39 is 0 Å². The Labute approximate surface area is 103 Å². The normalized spacial score (nSPS) is 23.4. The molecule has 0 radical (unpaired) electrons. The Morgan fingerprint density at radius 3 is 2.94 bits per heavy atom. The molecule has 2 heterocycles. The number of aromatic nitrogens is 2. The predicted octanol–water partition coefficient (Wildman–Crippen LogP) is 0.827. The lowest BCUT2D eigenvalue weighted by Crippen LogP contribution is -2.32. The van der Waals surface area contributed by atoms with E-state index >= 15 is 0 Å². The predicted molar refractivity (Wildman–Crippen MR) is 69.1 cm³/mol. The third kappa shape index (κ3) is 2.92. The van der Waals surface area contributed by atoms with Crippen LogP contribution in [0.1, 0.15) is 18.3 Å². The van der Waals surface area contributed by atoms with Gasteiger partial charge in [-0.15, -0.1) is 0 Å². The number of hydrogen-bond acceptors (Lipinski definition) is 5. The highest BCUT2D eigenvalue weighted by molar-refractivity contribution is 5.32. The molecule has 1 aromatic heterocycles. The SMILES string of the molecule is CNc1ccnc(C2CN(C)CCCN2C)n1. The first-order valence-electron chi connectivity index (χ1n) is 6.10. The first-order chi connectivity index (χ1) is 8.20. The lowest BCUT2D eigenvalue weighted by molar-refractivity contribution is 0.220. The Bertz CT molecular complexity index is 368. The van der Waals surface area contributed by atoms with Crippen LogP contribution in [0.4, 0.5) is 5.82 Å². The van der Waals surface area contributed by atoms with Gasteiger partial charge in [-0.05, 0) is 39.7 Å². The first-order valence-corrected chi connectivity index (χ1v) is 6.10. The summed E-state index contributed by atoms with van der Waals surface area (Å²) in [6, 6.07) is 2.18. The minimum absolute atomic E-state index is 0.288. The van der Waals surface area contributed by atoms with Crippen molar-refractivity contribution in [2.24, 2.45) is 0 Å². The van der Waals surface area contributed by atoms with Crippen molar-refractivity contribution < 1.29 is 0 Å². The van der Waals surface area contributed by atoms with Crippen LogP contribution in [0.25, 0.3) is 0 Å². The van der Waals surface area contributed by atoms with Gasteiger partial charge in [0.15, 0.2) is 0 Å². The maximum Gasteiger partial charge on any atom is 0.149 e. The largest absolute Gasteiger partial charge is 0.373 e. The van der Waals surface area contributed by atoms with Crippen LogP contribution in [-0.4, -0.2) is 60.5 Å². The Hall–Kier alpha value is -1.20. The summed E-state index contributed by atoms with van der Waals surface area (Å²) in [6.07, 6.45) is 3.03. The molecule has 1 aliphatic heterocycles. The third-order valence-electron chi connectivity index (χ3n) is 3.30. The highest BCUT2D eigenvalue weighted by Crippen LogP contribution is 2.20. The monoisotopic (exact) mass is 235 g/mol. The molecule has 0 aliphatic carbocycles. The number of nitrogens with one attached hydrogen (secondary N) is 1. The molecular formula is C12H21N5. The first kappa shape index (κ1) is 12.3. The highest BCUT2D eigenvalue weighted by Gasteiger charge is 2.24. The summed E-state index contributed by atoms with van der Waals surface area (Å²) in [6.45, 7) is 3.23. The van der Waals surface area contributed by atoms with Crippen LogP contribution in [-0.2, 0) is 0 Å². The molecule has 94 valence electrons. The average molecular weight is 235 g/mol. The van der Waals surface area contributed by atoms with Crippen molar-refractivity contribution in [2.75, 3.05) is 46.1 Å². The van der Waals surface area contributed by atoms with E-state index in [2.05, 4.69) is 39.2 Å². The minimum Gasteiger partial charge on any atom is -0.373 e. The molecule has 2 rings (SSSR count). The lowest BCUT2D eigenvalue weighted by atomic mass is 10.2. The fraction of sp³-hybridized carbons (Fsp3) is 0.667. The van der Waals surface area contributed by atoms with Gasteiger partial charge in [0, 0.05) is 19.8 Å². The van der Waals surface area contributed by atoms with E-state index in [1.165, 1.54) is 6.42 Å². The number of nitrogens with zero attached hydrogens (tertiary/aromatic N) is 4. The fourth-order valence-electron chi connectivity index (χ4n) is 2.22. The van der Waals surface area contributed by atoms with Crippen molar-refractivity contribution in [3.63, 3.8) is 0 Å². The van der Waals surface area contributed by atoms with Crippen LogP contribution in [0, 0.1) is 0 Å². The van der Waals surface area contributed by atoms with Gasteiger partial charge >= 0.3 is 0 Å². The summed E-state index contributed by atoms with van der Waals surface area (Å²) in [5.74, 6) is 1.79.